The Morgan fingerprint density at radius 3 is 2.87 bits per heavy atom. The zero-order valence-electron chi connectivity index (χ0n) is 13.6. The first-order chi connectivity index (χ1) is 11.1. The van der Waals surface area contributed by atoms with Gasteiger partial charge in [-0.1, -0.05) is 6.07 Å². The lowest BCUT2D eigenvalue weighted by molar-refractivity contribution is 0.0947. The maximum Gasteiger partial charge on any atom is 0.273 e. The van der Waals surface area contributed by atoms with Crippen LogP contribution >= 0.6 is 0 Å². The Kier molecular flexibility index (Phi) is 4.14. The molecule has 0 aliphatic rings. The van der Waals surface area contributed by atoms with E-state index < -0.39 is 0 Å². The third-order valence-electron chi connectivity index (χ3n) is 4.06. The summed E-state index contributed by atoms with van der Waals surface area (Å²) in [4.78, 5) is 23.8. The Morgan fingerprint density at radius 1 is 1.30 bits per heavy atom. The zero-order chi connectivity index (χ0) is 16.4. The van der Waals surface area contributed by atoms with Gasteiger partial charge in [0.15, 0.2) is 12.1 Å². The van der Waals surface area contributed by atoms with Crippen LogP contribution in [0.25, 0.3) is 11.0 Å². The van der Waals surface area contributed by atoms with E-state index in [0.29, 0.717) is 18.0 Å². The highest BCUT2D eigenvalue weighted by Crippen LogP contribution is 2.19. The molecule has 0 radical (unpaired) electrons. The number of H-pyrrole nitrogens is 1. The number of oxazole rings is 1. The number of nitrogens with one attached hydrogen (secondary N) is 2. The Morgan fingerprint density at radius 2 is 2.13 bits per heavy atom. The molecule has 1 amide bonds. The van der Waals surface area contributed by atoms with E-state index in [1.807, 2.05) is 0 Å². The standard InChI is InChI=1S/C17H20N4O2/c1-10-6-7-13-15(11(10)2)21-14(20-13)5-4-8-18-17(22)16-12(3)23-9-19-16/h6-7,9H,4-5,8H2,1-3H3,(H,18,22)(H,20,21). The molecule has 0 saturated heterocycles. The summed E-state index contributed by atoms with van der Waals surface area (Å²) < 4.78 is 5.03. The first-order valence-electron chi connectivity index (χ1n) is 7.69. The summed E-state index contributed by atoms with van der Waals surface area (Å²) in [5.74, 6) is 1.28. The van der Waals surface area contributed by atoms with Crippen molar-refractivity contribution in [1.82, 2.24) is 20.3 Å². The normalized spacial score (nSPS) is 11.1. The summed E-state index contributed by atoms with van der Waals surface area (Å²) in [5.41, 5.74) is 4.89. The number of aryl methyl sites for hydroxylation is 4. The fourth-order valence-corrected chi connectivity index (χ4v) is 2.55. The van der Waals surface area contributed by atoms with E-state index in [9.17, 15) is 4.79 Å². The van der Waals surface area contributed by atoms with Crippen LogP contribution in [0.1, 0.15) is 39.6 Å². The number of aromatic nitrogens is 3. The minimum absolute atomic E-state index is 0.202. The van der Waals surface area contributed by atoms with Crippen molar-refractivity contribution in [2.75, 3.05) is 6.54 Å². The quantitative estimate of drug-likeness (QED) is 0.710. The Hall–Kier alpha value is -2.63. The van der Waals surface area contributed by atoms with Gasteiger partial charge < -0.3 is 14.7 Å². The van der Waals surface area contributed by atoms with Crippen LogP contribution in [0.15, 0.2) is 22.9 Å². The molecule has 1 aromatic carbocycles. The SMILES string of the molecule is Cc1ccc2[nH]c(CCCNC(=O)c3ncoc3C)nc2c1C. The predicted octanol–water partition coefficient (Wildman–Crippen LogP) is 2.84. The Balaban J connectivity index is 1.56. The molecule has 0 bridgehead atoms. The molecule has 6 heteroatoms. The highest BCUT2D eigenvalue weighted by atomic mass is 16.3. The molecular formula is C17H20N4O2. The van der Waals surface area contributed by atoms with Crippen molar-refractivity contribution in [2.45, 2.75) is 33.6 Å². The summed E-state index contributed by atoms with van der Waals surface area (Å²) in [5, 5.41) is 2.85. The molecule has 0 aliphatic heterocycles. The lowest BCUT2D eigenvalue weighted by atomic mass is 10.1. The molecule has 2 N–H and O–H groups in total. The average molecular weight is 312 g/mol. The third kappa shape index (κ3) is 3.11. The molecular weight excluding hydrogens is 292 g/mol. The number of hydrogen-bond donors (Lipinski definition) is 2. The van der Waals surface area contributed by atoms with Gasteiger partial charge >= 0.3 is 0 Å². The minimum Gasteiger partial charge on any atom is -0.448 e. The number of fused-ring (bicyclic) bond motifs is 1. The molecule has 2 aromatic heterocycles. The summed E-state index contributed by atoms with van der Waals surface area (Å²) in [6.07, 6.45) is 2.87. The van der Waals surface area contributed by atoms with E-state index in [4.69, 9.17) is 4.42 Å². The van der Waals surface area contributed by atoms with Crippen molar-refractivity contribution in [3.8, 4) is 0 Å². The number of rotatable bonds is 5. The van der Waals surface area contributed by atoms with Gasteiger partial charge in [-0.15, -0.1) is 0 Å². The van der Waals surface area contributed by atoms with Crippen LogP contribution < -0.4 is 5.32 Å². The second-order valence-corrected chi connectivity index (χ2v) is 5.70. The fourth-order valence-electron chi connectivity index (χ4n) is 2.55. The van der Waals surface area contributed by atoms with Gasteiger partial charge in [0.05, 0.1) is 11.0 Å². The van der Waals surface area contributed by atoms with Gasteiger partial charge in [0.1, 0.15) is 11.6 Å². The molecule has 3 aromatic rings. The smallest absolute Gasteiger partial charge is 0.273 e. The summed E-state index contributed by atoms with van der Waals surface area (Å²) in [7, 11) is 0. The van der Waals surface area contributed by atoms with E-state index >= 15 is 0 Å². The Labute approximate surface area is 134 Å². The van der Waals surface area contributed by atoms with Crippen molar-refractivity contribution in [2.24, 2.45) is 0 Å². The van der Waals surface area contributed by atoms with Gasteiger partial charge in [0.2, 0.25) is 0 Å². The summed E-state index contributed by atoms with van der Waals surface area (Å²) in [6, 6.07) is 4.16. The van der Waals surface area contributed by atoms with E-state index in [1.165, 1.54) is 17.5 Å². The van der Waals surface area contributed by atoms with Gasteiger partial charge in [-0.3, -0.25) is 4.79 Å². The number of hydrogen-bond acceptors (Lipinski definition) is 4. The lowest BCUT2D eigenvalue weighted by Gasteiger charge is -2.02. The van der Waals surface area contributed by atoms with Crippen molar-refractivity contribution in [1.29, 1.82) is 0 Å². The zero-order valence-corrected chi connectivity index (χ0v) is 13.6. The van der Waals surface area contributed by atoms with Crippen molar-refractivity contribution in [3.63, 3.8) is 0 Å². The van der Waals surface area contributed by atoms with Gasteiger partial charge in [-0.25, -0.2) is 9.97 Å². The number of nitrogens with zero attached hydrogens (tertiary/aromatic N) is 2. The van der Waals surface area contributed by atoms with Crippen LogP contribution in [0, 0.1) is 20.8 Å². The molecule has 6 nitrogen and oxygen atoms in total. The van der Waals surface area contributed by atoms with Crippen LogP contribution in [-0.4, -0.2) is 27.4 Å². The minimum atomic E-state index is -0.202. The molecule has 3 rings (SSSR count). The van der Waals surface area contributed by atoms with Crippen LogP contribution in [0.5, 0.6) is 0 Å². The molecule has 120 valence electrons. The first kappa shape index (κ1) is 15.3. The molecule has 0 atom stereocenters. The van der Waals surface area contributed by atoms with Crippen LogP contribution in [0.4, 0.5) is 0 Å². The molecule has 23 heavy (non-hydrogen) atoms. The topological polar surface area (TPSA) is 83.8 Å². The molecule has 0 unspecified atom stereocenters. The van der Waals surface area contributed by atoms with E-state index in [2.05, 4.69) is 46.2 Å². The van der Waals surface area contributed by atoms with Crippen molar-refractivity contribution < 1.29 is 9.21 Å². The number of amides is 1. The molecule has 0 saturated carbocycles. The first-order valence-corrected chi connectivity index (χ1v) is 7.69. The molecule has 2 heterocycles. The lowest BCUT2D eigenvalue weighted by Crippen LogP contribution is -2.25. The van der Waals surface area contributed by atoms with Gasteiger partial charge in [0.25, 0.3) is 5.91 Å². The summed E-state index contributed by atoms with van der Waals surface area (Å²) >= 11 is 0. The second-order valence-electron chi connectivity index (χ2n) is 5.70. The maximum absolute atomic E-state index is 11.9. The monoisotopic (exact) mass is 312 g/mol. The molecule has 0 aliphatic carbocycles. The molecule has 0 spiro atoms. The number of carbonyl (C=O) groups excluding carboxylic acids is 1. The highest BCUT2D eigenvalue weighted by molar-refractivity contribution is 5.93. The Bertz CT molecular complexity index is 848. The second kappa shape index (κ2) is 6.24. The van der Waals surface area contributed by atoms with E-state index in [1.54, 1.807) is 6.92 Å². The number of benzene rings is 1. The molecule has 0 fully saturated rings. The largest absolute Gasteiger partial charge is 0.448 e. The van der Waals surface area contributed by atoms with Gasteiger partial charge in [0, 0.05) is 13.0 Å². The van der Waals surface area contributed by atoms with Gasteiger partial charge in [-0.2, -0.15) is 0 Å². The van der Waals surface area contributed by atoms with E-state index in [0.717, 1.165) is 29.7 Å². The van der Waals surface area contributed by atoms with Crippen molar-refractivity contribution >= 4 is 16.9 Å². The number of aromatic amines is 1. The number of imidazole rings is 1. The third-order valence-corrected chi connectivity index (χ3v) is 4.06. The van der Waals surface area contributed by atoms with Gasteiger partial charge in [-0.05, 0) is 44.4 Å². The average Bonchev–Trinajstić information content (AvgIpc) is 3.14. The van der Waals surface area contributed by atoms with Crippen LogP contribution in [0.2, 0.25) is 0 Å². The summed E-state index contributed by atoms with van der Waals surface area (Å²) in [6.45, 7) is 6.47. The maximum atomic E-state index is 11.9. The van der Waals surface area contributed by atoms with Crippen LogP contribution in [-0.2, 0) is 6.42 Å². The van der Waals surface area contributed by atoms with Crippen LogP contribution in [0.3, 0.4) is 0 Å². The fraction of sp³-hybridized carbons (Fsp3) is 0.353. The van der Waals surface area contributed by atoms with Crippen molar-refractivity contribution in [3.05, 3.63) is 46.9 Å². The number of carbonyl (C=O) groups is 1. The van der Waals surface area contributed by atoms with E-state index in [-0.39, 0.29) is 5.91 Å². The predicted molar refractivity (Wildman–Crippen MR) is 87.5 cm³/mol. The highest BCUT2D eigenvalue weighted by Gasteiger charge is 2.12.